The summed E-state index contributed by atoms with van der Waals surface area (Å²) in [6.07, 6.45) is 5.94. The Bertz CT molecular complexity index is 2950. The Labute approximate surface area is 406 Å². The SMILES string of the molecule is CC(C)Cc1cc(-c2oc3cc(O)c4c(c3c(=O)c2O)OC2CC3c5c-4ccc4cccc(c54)C(SSCCCC2O)C3O)c2c(c1O)Cc1cccc(c1)C(NC1CCCCC1)CSSC2. The van der Waals surface area contributed by atoms with E-state index >= 15 is 4.79 Å². The van der Waals surface area contributed by atoms with Crippen LogP contribution in [0.1, 0.15) is 121 Å². The second kappa shape index (κ2) is 18.8. The maximum Gasteiger partial charge on any atom is 0.238 e. The lowest BCUT2D eigenvalue weighted by atomic mass is 9.72. The first-order valence-electron chi connectivity index (χ1n) is 23.9. The summed E-state index contributed by atoms with van der Waals surface area (Å²) in [5, 5.41) is 66.7. The van der Waals surface area contributed by atoms with Crippen LogP contribution in [0.2, 0.25) is 0 Å². The van der Waals surface area contributed by atoms with E-state index < -0.39 is 35.4 Å². The second-order valence-electron chi connectivity index (χ2n) is 19.6. The molecule has 3 aliphatic heterocycles. The zero-order valence-electron chi connectivity index (χ0n) is 37.8. The maximum atomic E-state index is 15.1. The van der Waals surface area contributed by atoms with Gasteiger partial charge in [0.15, 0.2) is 5.76 Å². The van der Waals surface area contributed by atoms with Crippen molar-refractivity contribution in [1.29, 1.82) is 0 Å². The lowest BCUT2D eigenvalue weighted by Gasteiger charge is -2.41. The van der Waals surface area contributed by atoms with Gasteiger partial charge in [0.1, 0.15) is 34.3 Å². The van der Waals surface area contributed by atoms with Gasteiger partial charge >= 0.3 is 0 Å². The van der Waals surface area contributed by atoms with Crippen molar-refractivity contribution in [2.45, 2.75) is 125 Å². The van der Waals surface area contributed by atoms with Gasteiger partial charge in [-0.1, -0.05) is 131 Å². The molecule has 9 nitrogen and oxygen atoms in total. The zero-order valence-corrected chi connectivity index (χ0v) is 41.0. The Morgan fingerprint density at radius 3 is 2.51 bits per heavy atom. The highest BCUT2D eigenvalue weighted by Crippen LogP contribution is 2.58. The molecular weight excluding hydrogens is 919 g/mol. The molecule has 2 aliphatic carbocycles. The summed E-state index contributed by atoms with van der Waals surface area (Å²) in [7, 11) is 6.82. The van der Waals surface area contributed by atoms with E-state index in [1.54, 1.807) is 43.2 Å². The highest BCUT2D eigenvalue weighted by molar-refractivity contribution is 8.77. The van der Waals surface area contributed by atoms with Crippen LogP contribution in [0.5, 0.6) is 23.0 Å². The molecule has 0 amide bonds. The summed E-state index contributed by atoms with van der Waals surface area (Å²) >= 11 is 0. The molecule has 350 valence electrons. The Kier molecular flexibility index (Phi) is 12.7. The van der Waals surface area contributed by atoms with Crippen molar-refractivity contribution >= 4 is 64.9 Å². The minimum atomic E-state index is -0.944. The molecule has 1 saturated carbocycles. The van der Waals surface area contributed by atoms with Crippen LogP contribution in [0, 0.1) is 5.92 Å². The largest absolute Gasteiger partial charge is 0.507 e. The first kappa shape index (κ1) is 45.5. The topological polar surface area (TPSA) is 153 Å². The van der Waals surface area contributed by atoms with Crippen LogP contribution in [-0.4, -0.2) is 61.4 Å². The van der Waals surface area contributed by atoms with E-state index in [2.05, 4.69) is 55.6 Å². The molecule has 1 aromatic heterocycles. The van der Waals surface area contributed by atoms with E-state index in [9.17, 15) is 25.5 Å². The zero-order chi connectivity index (χ0) is 46.1. The first-order valence-corrected chi connectivity index (χ1v) is 28.8. The van der Waals surface area contributed by atoms with Crippen LogP contribution < -0.4 is 15.5 Å². The molecule has 0 spiro atoms. The van der Waals surface area contributed by atoms with Crippen LogP contribution >= 0.6 is 43.2 Å². The van der Waals surface area contributed by atoms with Gasteiger partial charge in [0.05, 0.1) is 23.0 Å². The number of phenols is 2. The van der Waals surface area contributed by atoms with Crippen LogP contribution in [0.15, 0.2) is 75.9 Å². The van der Waals surface area contributed by atoms with Crippen molar-refractivity contribution in [3.05, 3.63) is 116 Å². The van der Waals surface area contributed by atoms with Crippen LogP contribution in [0.3, 0.4) is 0 Å². The molecule has 5 aromatic carbocycles. The summed E-state index contributed by atoms with van der Waals surface area (Å²) in [5.41, 5.74) is 7.02. The Balaban J connectivity index is 1.09. The molecule has 5 aliphatic rings. The van der Waals surface area contributed by atoms with Gasteiger partial charge in [0.2, 0.25) is 11.2 Å². The lowest BCUT2D eigenvalue weighted by Crippen LogP contribution is -2.39. The second-order valence-corrected chi connectivity index (χ2v) is 24.7. The van der Waals surface area contributed by atoms with E-state index in [0.29, 0.717) is 54.2 Å². The van der Waals surface area contributed by atoms with Gasteiger partial charge in [-0.2, -0.15) is 0 Å². The van der Waals surface area contributed by atoms with Gasteiger partial charge in [-0.3, -0.25) is 4.79 Å². The van der Waals surface area contributed by atoms with Gasteiger partial charge in [0, 0.05) is 58.9 Å². The molecule has 2 fully saturated rings. The summed E-state index contributed by atoms with van der Waals surface area (Å²) in [5.74, 6) is 1.23. The molecule has 6 aromatic rings. The highest BCUT2D eigenvalue weighted by atomic mass is 33.1. The third-order valence-electron chi connectivity index (χ3n) is 14.7. The minimum absolute atomic E-state index is 0.0237. The van der Waals surface area contributed by atoms with Crippen molar-refractivity contribution in [1.82, 2.24) is 5.32 Å². The fourth-order valence-electron chi connectivity index (χ4n) is 11.5. The predicted octanol–water partition coefficient (Wildman–Crippen LogP) is 12.2. The third-order valence-corrected chi connectivity index (χ3v) is 19.9. The van der Waals surface area contributed by atoms with Crippen molar-refractivity contribution in [2.75, 3.05) is 11.5 Å². The number of benzene rings is 5. The molecule has 13 heteroatoms. The number of ether oxygens (including phenoxy) is 1. The summed E-state index contributed by atoms with van der Waals surface area (Å²) in [4.78, 5) is 15.1. The van der Waals surface area contributed by atoms with Gasteiger partial charge in [0.25, 0.3) is 0 Å². The third kappa shape index (κ3) is 8.31. The Morgan fingerprint density at radius 1 is 0.836 bits per heavy atom. The highest BCUT2D eigenvalue weighted by Gasteiger charge is 2.44. The van der Waals surface area contributed by atoms with Crippen molar-refractivity contribution in [3.63, 3.8) is 0 Å². The van der Waals surface area contributed by atoms with Gasteiger partial charge in [-0.15, -0.1) is 0 Å². The molecule has 11 rings (SSSR count). The normalized spacial score (nSPS) is 24.3. The summed E-state index contributed by atoms with van der Waals surface area (Å²) in [6, 6.07) is 22.6. The molecule has 5 bridgehead atoms. The smallest absolute Gasteiger partial charge is 0.238 e. The number of hydrogen-bond acceptors (Lipinski definition) is 13. The molecule has 6 unspecified atom stereocenters. The van der Waals surface area contributed by atoms with Gasteiger partial charge in [-0.25, -0.2) is 0 Å². The first-order chi connectivity index (χ1) is 32.5. The number of hydrogen-bond donors (Lipinski definition) is 6. The molecule has 4 heterocycles. The van der Waals surface area contributed by atoms with Crippen molar-refractivity contribution < 1.29 is 34.7 Å². The number of phenolic OH excluding ortho intramolecular Hbond substituents is 2. The summed E-state index contributed by atoms with van der Waals surface area (Å²) < 4.78 is 13.6. The minimum Gasteiger partial charge on any atom is -0.507 e. The summed E-state index contributed by atoms with van der Waals surface area (Å²) in [6.45, 7) is 4.19. The predicted molar refractivity (Wildman–Crippen MR) is 276 cm³/mol. The molecule has 6 N–H and O–H groups in total. The number of aliphatic hydroxyl groups excluding tert-OH is 2. The fourth-order valence-corrected chi connectivity index (χ4v) is 16.7. The van der Waals surface area contributed by atoms with Crippen molar-refractivity contribution in [3.8, 4) is 45.4 Å². The molecule has 6 atom stereocenters. The number of fused-ring (bicyclic) bond motifs is 10. The number of aromatic hydroxyl groups is 3. The average Bonchev–Trinajstić information content (AvgIpc) is 3.34. The Morgan fingerprint density at radius 2 is 1.67 bits per heavy atom. The van der Waals surface area contributed by atoms with Gasteiger partial charge in [-0.05, 0) is 100 Å². The number of nitrogens with one attached hydrogen (secondary N) is 1. The Hall–Kier alpha value is -3.95. The molecule has 1 saturated heterocycles. The maximum absolute atomic E-state index is 15.1. The van der Waals surface area contributed by atoms with E-state index in [0.717, 1.165) is 50.1 Å². The lowest BCUT2D eigenvalue weighted by molar-refractivity contribution is 0.00976. The van der Waals surface area contributed by atoms with Crippen molar-refractivity contribution in [2.24, 2.45) is 5.92 Å². The van der Waals surface area contributed by atoms with E-state index in [1.165, 1.54) is 43.7 Å². The van der Waals surface area contributed by atoms with Crippen LogP contribution in [0.25, 0.3) is 44.2 Å². The monoisotopic (exact) mass is 975 g/mol. The van der Waals surface area contributed by atoms with E-state index in [4.69, 9.17) is 9.15 Å². The molecule has 67 heavy (non-hydrogen) atoms. The van der Waals surface area contributed by atoms with Crippen LogP contribution in [-0.2, 0) is 18.6 Å². The van der Waals surface area contributed by atoms with Crippen LogP contribution in [0.4, 0.5) is 0 Å². The van der Waals surface area contributed by atoms with E-state index in [-0.39, 0.29) is 63.2 Å². The van der Waals surface area contributed by atoms with Gasteiger partial charge < -0.3 is 40.0 Å². The molecule has 0 radical (unpaired) electrons. The quantitative estimate of drug-likeness (QED) is 0.0910. The average molecular weight is 976 g/mol. The standard InChI is InChI=1S/C54H57NO8S4/c1-27(2)19-31-22-36(38-25-65-66-26-39(55-32-12-4-3-5-13-32)30-11-6-9-28(20-30)21-35(38)48(31)58)52-51(61)50(60)47-43(63-52)24-41(57)46-33-17-16-29-10-7-14-34-44(29)45(33)37-23-42(62-53(46)47)40(56)15-8-18-64-67-54(34)49(37)59/h6-7,9-11,14,16-17,20,22,24,27,32,37,39-40,42,49,54-59,61H,3-5,8,12-13,15,18-19,21,23,25-26H2,1-2H3. The fraction of sp³-hybridized carbons (Fsp3) is 0.426. The number of rotatable bonds is 5. The molecular formula is C54H57NO8S4. The number of aliphatic hydroxyl groups is 2. The van der Waals surface area contributed by atoms with E-state index in [1.807, 2.05) is 24.3 Å².